The van der Waals surface area contributed by atoms with E-state index in [9.17, 15) is 0 Å². The molecule has 1 aliphatic rings. The zero-order chi connectivity index (χ0) is 5.11. The molecular formula is C6H10Cl. The largest absolute Gasteiger partial charge is 0.123 e. The van der Waals surface area contributed by atoms with Crippen molar-refractivity contribution >= 4 is 11.6 Å². The molecule has 1 saturated carbocycles. The van der Waals surface area contributed by atoms with Crippen LogP contribution in [0.15, 0.2) is 0 Å². The lowest BCUT2D eigenvalue weighted by atomic mass is 10.0. The third-order valence-electron chi connectivity index (χ3n) is 1.35. The molecule has 7 heavy (non-hydrogen) atoms. The Bertz CT molecular complexity index is 46.1. The van der Waals surface area contributed by atoms with Crippen LogP contribution in [0.1, 0.15) is 25.7 Å². The summed E-state index contributed by atoms with van der Waals surface area (Å²) < 4.78 is 0. The average molecular weight is 118 g/mol. The van der Waals surface area contributed by atoms with E-state index in [0.29, 0.717) is 5.38 Å². The van der Waals surface area contributed by atoms with E-state index in [2.05, 4.69) is 6.42 Å². The number of halogens is 1. The summed E-state index contributed by atoms with van der Waals surface area (Å²) in [5.41, 5.74) is 0. The third kappa shape index (κ3) is 1.68. The van der Waals surface area contributed by atoms with Crippen LogP contribution in [0, 0.1) is 6.42 Å². The maximum Gasteiger partial charge on any atom is 0.0338 e. The smallest absolute Gasteiger partial charge is 0.0338 e. The van der Waals surface area contributed by atoms with Crippen molar-refractivity contribution in [3.63, 3.8) is 0 Å². The molecule has 1 radical (unpaired) electrons. The predicted molar refractivity (Wildman–Crippen MR) is 32.4 cm³/mol. The molecule has 1 heteroatoms. The van der Waals surface area contributed by atoms with Crippen LogP contribution in [0.25, 0.3) is 0 Å². The van der Waals surface area contributed by atoms with Gasteiger partial charge in [0.15, 0.2) is 0 Å². The molecule has 0 heterocycles. The monoisotopic (exact) mass is 117 g/mol. The minimum Gasteiger partial charge on any atom is -0.123 e. The molecule has 1 fully saturated rings. The molecular weight excluding hydrogens is 108 g/mol. The van der Waals surface area contributed by atoms with Crippen LogP contribution in [0.4, 0.5) is 0 Å². The third-order valence-corrected chi connectivity index (χ3v) is 1.74. The zero-order valence-corrected chi connectivity index (χ0v) is 5.12. The summed E-state index contributed by atoms with van der Waals surface area (Å²) in [6.45, 7) is 0. The highest BCUT2D eigenvalue weighted by Gasteiger charge is 2.08. The van der Waals surface area contributed by atoms with Crippen LogP contribution >= 0.6 is 11.6 Å². The maximum absolute atomic E-state index is 5.79. The van der Waals surface area contributed by atoms with Gasteiger partial charge in [-0.25, -0.2) is 0 Å². The molecule has 0 amide bonds. The van der Waals surface area contributed by atoms with Crippen LogP contribution in [-0.4, -0.2) is 5.38 Å². The normalized spacial score (nSPS) is 25.3. The van der Waals surface area contributed by atoms with Crippen LogP contribution in [-0.2, 0) is 0 Å². The number of hydrogen-bond acceptors (Lipinski definition) is 0. The summed E-state index contributed by atoms with van der Waals surface area (Å²) in [6.07, 6.45) is 7.21. The van der Waals surface area contributed by atoms with Gasteiger partial charge in [0.1, 0.15) is 0 Å². The van der Waals surface area contributed by atoms with E-state index in [1.54, 1.807) is 0 Å². The van der Waals surface area contributed by atoms with E-state index in [0.717, 1.165) is 6.42 Å². The summed E-state index contributed by atoms with van der Waals surface area (Å²) in [4.78, 5) is 0. The van der Waals surface area contributed by atoms with Crippen molar-refractivity contribution in [1.82, 2.24) is 0 Å². The Morgan fingerprint density at radius 2 is 2.43 bits per heavy atom. The number of hydrogen-bond donors (Lipinski definition) is 0. The summed E-state index contributed by atoms with van der Waals surface area (Å²) in [7, 11) is 0. The van der Waals surface area contributed by atoms with E-state index in [1.807, 2.05) is 0 Å². The Labute approximate surface area is 49.9 Å². The molecule has 0 spiro atoms. The van der Waals surface area contributed by atoms with Gasteiger partial charge in [0.25, 0.3) is 0 Å². The average Bonchev–Trinajstić information content (AvgIpc) is 1.69. The first-order valence-electron chi connectivity index (χ1n) is 2.85. The Kier molecular flexibility index (Phi) is 1.99. The van der Waals surface area contributed by atoms with Crippen molar-refractivity contribution < 1.29 is 0 Å². The van der Waals surface area contributed by atoms with Gasteiger partial charge >= 0.3 is 0 Å². The molecule has 1 aliphatic carbocycles. The second kappa shape index (κ2) is 2.56. The Morgan fingerprint density at radius 1 is 1.57 bits per heavy atom. The van der Waals surface area contributed by atoms with Crippen molar-refractivity contribution in [3.05, 3.63) is 6.42 Å². The lowest BCUT2D eigenvalue weighted by Gasteiger charge is -2.13. The zero-order valence-electron chi connectivity index (χ0n) is 4.36. The minimum atomic E-state index is 0.453. The van der Waals surface area contributed by atoms with Crippen LogP contribution in [0.2, 0.25) is 0 Å². The lowest BCUT2D eigenvalue weighted by Crippen LogP contribution is -2.03. The SMILES string of the molecule is ClC1C[CH]CCC1. The second-order valence-electron chi connectivity index (χ2n) is 2.05. The van der Waals surface area contributed by atoms with Gasteiger partial charge in [0.2, 0.25) is 0 Å². The van der Waals surface area contributed by atoms with E-state index < -0.39 is 0 Å². The summed E-state index contributed by atoms with van der Waals surface area (Å²) in [6, 6.07) is 0. The van der Waals surface area contributed by atoms with Gasteiger partial charge in [-0.1, -0.05) is 12.8 Å². The predicted octanol–water partition coefficient (Wildman–Crippen LogP) is 2.37. The van der Waals surface area contributed by atoms with Crippen molar-refractivity contribution in [1.29, 1.82) is 0 Å². The molecule has 0 bridgehead atoms. The standard InChI is InChI=1S/C6H10Cl/c7-6-4-2-1-3-5-6/h2,6H,1,3-5H2. The molecule has 0 saturated heterocycles. The quantitative estimate of drug-likeness (QED) is 0.428. The molecule has 1 atom stereocenters. The van der Waals surface area contributed by atoms with Crippen LogP contribution < -0.4 is 0 Å². The van der Waals surface area contributed by atoms with Gasteiger partial charge < -0.3 is 0 Å². The molecule has 1 rings (SSSR count). The van der Waals surface area contributed by atoms with Gasteiger partial charge in [-0.15, -0.1) is 11.6 Å². The summed E-state index contributed by atoms with van der Waals surface area (Å²) in [5, 5.41) is 0.453. The fourth-order valence-electron chi connectivity index (χ4n) is 0.900. The number of rotatable bonds is 0. The first kappa shape index (κ1) is 5.43. The minimum absolute atomic E-state index is 0.453. The maximum atomic E-state index is 5.79. The van der Waals surface area contributed by atoms with Gasteiger partial charge in [-0.05, 0) is 19.3 Å². The van der Waals surface area contributed by atoms with Gasteiger partial charge in [-0.2, -0.15) is 0 Å². The fourth-order valence-corrected chi connectivity index (χ4v) is 1.18. The molecule has 0 N–H and O–H groups in total. The van der Waals surface area contributed by atoms with Crippen molar-refractivity contribution in [2.75, 3.05) is 0 Å². The first-order chi connectivity index (χ1) is 3.39. The van der Waals surface area contributed by atoms with E-state index >= 15 is 0 Å². The lowest BCUT2D eigenvalue weighted by molar-refractivity contribution is 0.600. The first-order valence-corrected chi connectivity index (χ1v) is 3.29. The fraction of sp³-hybridized carbons (Fsp3) is 0.833. The second-order valence-corrected chi connectivity index (χ2v) is 2.67. The van der Waals surface area contributed by atoms with E-state index in [1.165, 1.54) is 19.3 Å². The van der Waals surface area contributed by atoms with Crippen molar-refractivity contribution in [2.24, 2.45) is 0 Å². The molecule has 0 aromatic heterocycles. The Balaban J connectivity index is 2.12. The number of alkyl halides is 1. The summed E-state index contributed by atoms with van der Waals surface area (Å²) >= 11 is 5.79. The molecule has 0 aromatic carbocycles. The highest BCUT2D eigenvalue weighted by Crippen LogP contribution is 2.20. The van der Waals surface area contributed by atoms with E-state index in [4.69, 9.17) is 11.6 Å². The highest BCUT2D eigenvalue weighted by molar-refractivity contribution is 6.20. The molecule has 0 aliphatic heterocycles. The van der Waals surface area contributed by atoms with Crippen LogP contribution in [0.5, 0.6) is 0 Å². The van der Waals surface area contributed by atoms with Crippen LogP contribution in [0.3, 0.4) is 0 Å². The molecule has 0 aromatic rings. The highest BCUT2D eigenvalue weighted by atomic mass is 35.5. The van der Waals surface area contributed by atoms with Gasteiger partial charge in [0, 0.05) is 5.38 Å². The Morgan fingerprint density at radius 3 is 2.71 bits per heavy atom. The Hall–Kier alpha value is 0.290. The van der Waals surface area contributed by atoms with Crippen molar-refractivity contribution in [3.8, 4) is 0 Å². The van der Waals surface area contributed by atoms with Gasteiger partial charge in [-0.3, -0.25) is 0 Å². The van der Waals surface area contributed by atoms with Gasteiger partial charge in [0.05, 0.1) is 0 Å². The molecule has 0 nitrogen and oxygen atoms in total. The van der Waals surface area contributed by atoms with E-state index in [-0.39, 0.29) is 0 Å². The molecule has 1 unspecified atom stereocenters. The molecule has 41 valence electrons. The topological polar surface area (TPSA) is 0 Å². The van der Waals surface area contributed by atoms with Crippen molar-refractivity contribution in [2.45, 2.75) is 31.1 Å². The summed E-state index contributed by atoms with van der Waals surface area (Å²) in [5.74, 6) is 0.